The topological polar surface area (TPSA) is 0 Å². The Labute approximate surface area is 82.7 Å². The Morgan fingerprint density at radius 3 is 3.00 bits per heavy atom. The van der Waals surface area contributed by atoms with E-state index in [0.717, 1.165) is 24.8 Å². The van der Waals surface area contributed by atoms with Crippen LogP contribution in [0.25, 0.3) is 0 Å². The zero-order valence-electron chi connectivity index (χ0n) is 7.39. The average molecular weight is 199 g/mol. The molecule has 0 saturated heterocycles. The number of rotatable bonds is 0. The maximum atomic E-state index is 12.9. The lowest BCUT2D eigenvalue weighted by Crippen LogP contribution is -1.94. The first kappa shape index (κ1) is 9.01. The van der Waals surface area contributed by atoms with Crippen LogP contribution in [0.1, 0.15) is 35.8 Å². The van der Waals surface area contributed by atoms with E-state index >= 15 is 0 Å². The van der Waals surface area contributed by atoms with Gasteiger partial charge in [-0.25, -0.2) is 4.39 Å². The molecule has 1 aromatic rings. The van der Waals surface area contributed by atoms with E-state index in [9.17, 15) is 4.39 Å². The smallest absolute Gasteiger partial charge is 0.123 e. The van der Waals surface area contributed by atoms with Crippen molar-refractivity contribution in [3.8, 4) is 0 Å². The molecule has 0 aromatic heterocycles. The molecular formula is C11H12ClF. The third-order valence-electron chi connectivity index (χ3n) is 2.60. The summed E-state index contributed by atoms with van der Waals surface area (Å²) in [5, 5.41) is 0.00759. The lowest BCUT2D eigenvalue weighted by molar-refractivity contribution is 0.623. The first-order valence-corrected chi connectivity index (χ1v) is 5.13. The molecule has 0 spiro atoms. The second kappa shape index (κ2) is 3.67. The van der Waals surface area contributed by atoms with Gasteiger partial charge in [0.2, 0.25) is 0 Å². The summed E-state index contributed by atoms with van der Waals surface area (Å²) in [6, 6.07) is 4.97. The molecular weight excluding hydrogens is 187 g/mol. The van der Waals surface area contributed by atoms with E-state index in [2.05, 4.69) is 0 Å². The number of benzene rings is 1. The van der Waals surface area contributed by atoms with E-state index in [1.54, 1.807) is 6.07 Å². The Kier molecular flexibility index (Phi) is 2.54. The third-order valence-corrected chi connectivity index (χ3v) is 3.05. The Hall–Kier alpha value is -0.560. The average Bonchev–Trinajstić information content (AvgIpc) is 2.29. The fourth-order valence-corrected chi connectivity index (χ4v) is 2.24. The zero-order chi connectivity index (χ0) is 9.26. The predicted octanol–water partition coefficient (Wildman–Crippen LogP) is 3.83. The molecule has 13 heavy (non-hydrogen) atoms. The van der Waals surface area contributed by atoms with Gasteiger partial charge in [0.05, 0.1) is 5.38 Å². The standard InChI is InChI=1S/C11H12ClF/c12-11-4-2-1-3-8-5-6-9(13)7-10(8)11/h5-7,11H,1-4H2. The van der Waals surface area contributed by atoms with Crippen LogP contribution in [0.15, 0.2) is 18.2 Å². The van der Waals surface area contributed by atoms with Gasteiger partial charge in [0.15, 0.2) is 0 Å². The van der Waals surface area contributed by atoms with Gasteiger partial charge in [-0.05, 0) is 42.5 Å². The fraction of sp³-hybridized carbons (Fsp3) is 0.455. The van der Waals surface area contributed by atoms with Crippen molar-refractivity contribution in [1.29, 1.82) is 0 Å². The molecule has 0 nitrogen and oxygen atoms in total. The van der Waals surface area contributed by atoms with Crippen molar-refractivity contribution in [2.24, 2.45) is 0 Å². The van der Waals surface area contributed by atoms with Crippen LogP contribution in [-0.4, -0.2) is 0 Å². The number of halogens is 2. The van der Waals surface area contributed by atoms with Crippen molar-refractivity contribution >= 4 is 11.6 Å². The second-order valence-corrected chi connectivity index (χ2v) is 4.08. The highest BCUT2D eigenvalue weighted by atomic mass is 35.5. The third kappa shape index (κ3) is 1.86. The summed E-state index contributed by atoms with van der Waals surface area (Å²) in [6.07, 6.45) is 4.32. The maximum absolute atomic E-state index is 12.9. The molecule has 70 valence electrons. The van der Waals surface area contributed by atoms with Gasteiger partial charge in [-0.3, -0.25) is 0 Å². The second-order valence-electron chi connectivity index (χ2n) is 3.56. The van der Waals surface area contributed by atoms with Crippen molar-refractivity contribution in [3.63, 3.8) is 0 Å². The van der Waals surface area contributed by atoms with Crippen molar-refractivity contribution in [3.05, 3.63) is 35.1 Å². The van der Waals surface area contributed by atoms with Crippen LogP contribution < -0.4 is 0 Å². The molecule has 0 bridgehead atoms. The van der Waals surface area contributed by atoms with E-state index in [1.807, 2.05) is 6.07 Å². The van der Waals surface area contributed by atoms with Crippen LogP contribution >= 0.6 is 11.6 Å². The molecule has 0 aliphatic heterocycles. The summed E-state index contributed by atoms with van der Waals surface area (Å²) < 4.78 is 12.9. The molecule has 0 heterocycles. The molecule has 1 aromatic carbocycles. The van der Waals surface area contributed by atoms with E-state index in [0.29, 0.717) is 0 Å². The van der Waals surface area contributed by atoms with E-state index in [-0.39, 0.29) is 11.2 Å². The summed E-state index contributed by atoms with van der Waals surface area (Å²) >= 11 is 6.16. The number of hydrogen-bond acceptors (Lipinski definition) is 0. The summed E-state index contributed by atoms with van der Waals surface area (Å²) in [4.78, 5) is 0. The minimum atomic E-state index is -0.175. The largest absolute Gasteiger partial charge is 0.207 e. The Morgan fingerprint density at radius 1 is 1.31 bits per heavy atom. The van der Waals surface area contributed by atoms with Crippen LogP contribution in [-0.2, 0) is 6.42 Å². The molecule has 1 aliphatic carbocycles. The monoisotopic (exact) mass is 198 g/mol. The Bertz CT molecular complexity index is 309. The molecule has 0 saturated carbocycles. The first-order valence-electron chi connectivity index (χ1n) is 4.70. The summed E-state index contributed by atoms with van der Waals surface area (Å²) in [7, 11) is 0. The number of fused-ring (bicyclic) bond motifs is 1. The highest BCUT2D eigenvalue weighted by Crippen LogP contribution is 2.33. The van der Waals surface area contributed by atoms with E-state index in [4.69, 9.17) is 11.6 Å². The zero-order valence-corrected chi connectivity index (χ0v) is 8.15. The van der Waals surface area contributed by atoms with Gasteiger partial charge in [-0.2, -0.15) is 0 Å². The molecule has 2 rings (SSSR count). The summed E-state index contributed by atoms with van der Waals surface area (Å²) in [5.41, 5.74) is 2.22. The van der Waals surface area contributed by atoms with Gasteiger partial charge in [-0.15, -0.1) is 11.6 Å². The molecule has 0 N–H and O–H groups in total. The lowest BCUT2D eigenvalue weighted by atomic mass is 10.0. The number of alkyl halides is 1. The van der Waals surface area contributed by atoms with Crippen LogP contribution in [0.5, 0.6) is 0 Å². The summed E-state index contributed by atoms with van der Waals surface area (Å²) in [5.74, 6) is -0.175. The number of aryl methyl sites for hydroxylation is 1. The molecule has 1 atom stereocenters. The van der Waals surface area contributed by atoms with Crippen molar-refractivity contribution < 1.29 is 4.39 Å². The lowest BCUT2D eigenvalue weighted by Gasteiger charge is -2.09. The van der Waals surface area contributed by atoms with Gasteiger partial charge >= 0.3 is 0 Å². The van der Waals surface area contributed by atoms with E-state index in [1.165, 1.54) is 18.1 Å². The normalized spacial score (nSPS) is 22.2. The van der Waals surface area contributed by atoms with Gasteiger partial charge in [0.25, 0.3) is 0 Å². The van der Waals surface area contributed by atoms with Crippen LogP contribution in [0.3, 0.4) is 0 Å². The molecule has 0 amide bonds. The first-order chi connectivity index (χ1) is 6.27. The number of hydrogen-bond donors (Lipinski definition) is 0. The molecule has 1 aliphatic rings. The molecule has 0 fully saturated rings. The van der Waals surface area contributed by atoms with Crippen LogP contribution in [0.2, 0.25) is 0 Å². The minimum Gasteiger partial charge on any atom is -0.207 e. The van der Waals surface area contributed by atoms with Crippen molar-refractivity contribution in [2.45, 2.75) is 31.1 Å². The van der Waals surface area contributed by atoms with Gasteiger partial charge in [0.1, 0.15) is 5.82 Å². The molecule has 0 radical (unpaired) electrons. The van der Waals surface area contributed by atoms with Crippen molar-refractivity contribution in [1.82, 2.24) is 0 Å². The SMILES string of the molecule is Fc1ccc2c(c1)C(Cl)CCCC2. The van der Waals surface area contributed by atoms with Gasteiger partial charge < -0.3 is 0 Å². The minimum absolute atomic E-state index is 0.00759. The fourth-order valence-electron chi connectivity index (χ4n) is 1.88. The van der Waals surface area contributed by atoms with E-state index < -0.39 is 0 Å². The quantitative estimate of drug-likeness (QED) is 0.439. The Balaban J connectivity index is 2.43. The van der Waals surface area contributed by atoms with Gasteiger partial charge in [-0.1, -0.05) is 12.5 Å². The highest BCUT2D eigenvalue weighted by Gasteiger charge is 2.16. The van der Waals surface area contributed by atoms with Crippen molar-refractivity contribution in [2.75, 3.05) is 0 Å². The molecule has 2 heteroatoms. The highest BCUT2D eigenvalue weighted by molar-refractivity contribution is 6.20. The predicted molar refractivity (Wildman–Crippen MR) is 52.5 cm³/mol. The van der Waals surface area contributed by atoms with Crippen LogP contribution in [0.4, 0.5) is 4.39 Å². The Morgan fingerprint density at radius 2 is 2.15 bits per heavy atom. The molecule has 1 unspecified atom stereocenters. The summed E-state index contributed by atoms with van der Waals surface area (Å²) in [6.45, 7) is 0. The van der Waals surface area contributed by atoms with Crippen LogP contribution in [0, 0.1) is 5.82 Å². The van der Waals surface area contributed by atoms with Gasteiger partial charge in [0, 0.05) is 0 Å². The maximum Gasteiger partial charge on any atom is 0.123 e.